The van der Waals surface area contributed by atoms with Gasteiger partial charge in [0.1, 0.15) is 0 Å². The molecular weight excluding hydrogens is 402 g/mol. The first-order valence-corrected chi connectivity index (χ1v) is 11.4. The highest BCUT2D eigenvalue weighted by Crippen LogP contribution is 2.30. The first kappa shape index (κ1) is 20.2. The van der Waals surface area contributed by atoms with Crippen LogP contribution in [0.5, 0.6) is 5.75 Å². The second-order valence-corrected chi connectivity index (χ2v) is 9.49. The summed E-state index contributed by atoms with van der Waals surface area (Å²) in [6.07, 6.45) is 4.87. The Hall–Kier alpha value is -3.13. The molecule has 30 heavy (non-hydrogen) atoms. The maximum Gasteiger partial charge on any atom is 0.280 e. The lowest BCUT2D eigenvalue weighted by molar-refractivity contribution is 0.101. The molecule has 1 aliphatic carbocycles. The number of anilines is 1. The predicted octanol–water partition coefficient (Wildman–Crippen LogP) is 3.85. The smallest absolute Gasteiger partial charge is 0.280 e. The average molecular weight is 426 g/mol. The highest BCUT2D eigenvalue weighted by Gasteiger charge is 2.30. The van der Waals surface area contributed by atoms with Gasteiger partial charge in [-0.05, 0) is 43.2 Å². The van der Waals surface area contributed by atoms with Crippen LogP contribution in [-0.2, 0) is 9.84 Å². The maximum atomic E-state index is 12.9. The van der Waals surface area contributed by atoms with Gasteiger partial charge in [-0.25, -0.2) is 13.1 Å². The quantitative estimate of drug-likeness (QED) is 0.648. The first-order chi connectivity index (χ1) is 14.5. The third-order valence-electron chi connectivity index (χ3n) is 5.30. The topological polar surface area (TPSA) is 90.3 Å². The van der Waals surface area contributed by atoms with Crippen molar-refractivity contribution in [2.75, 3.05) is 12.4 Å². The van der Waals surface area contributed by atoms with E-state index in [9.17, 15) is 13.2 Å². The van der Waals surface area contributed by atoms with Gasteiger partial charge < -0.3 is 10.1 Å². The first-order valence-electron chi connectivity index (χ1n) is 9.83. The summed E-state index contributed by atoms with van der Waals surface area (Å²) in [5.41, 5.74) is 1.31. The Bertz CT molecular complexity index is 1150. The van der Waals surface area contributed by atoms with E-state index in [1.165, 1.54) is 13.2 Å². The van der Waals surface area contributed by atoms with Crippen LogP contribution in [0.2, 0.25) is 0 Å². The van der Waals surface area contributed by atoms with Crippen LogP contribution >= 0.6 is 0 Å². The van der Waals surface area contributed by atoms with E-state index in [4.69, 9.17) is 4.74 Å². The number of carbonyl (C=O) groups excluding carboxylic acids is 1. The van der Waals surface area contributed by atoms with Crippen LogP contribution in [0.4, 0.5) is 5.69 Å². The number of rotatable bonds is 6. The molecule has 1 heterocycles. The summed E-state index contributed by atoms with van der Waals surface area (Å²) in [5, 5.41) is 6.74. The molecule has 1 aromatic heterocycles. The minimum atomic E-state index is -3.40. The fourth-order valence-electron chi connectivity index (χ4n) is 3.71. The molecule has 1 fully saturated rings. The van der Waals surface area contributed by atoms with Crippen molar-refractivity contribution in [3.63, 3.8) is 0 Å². The molecule has 3 aromatic rings. The molecule has 0 spiro atoms. The fourth-order valence-corrected chi connectivity index (χ4v) is 5.61. The molecule has 7 nitrogen and oxygen atoms in total. The summed E-state index contributed by atoms with van der Waals surface area (Å²) in [5.74, 6) is -0.150. The molecule has 0 aliphatic heterocycles. The Morgan fingerprint density at radius 1 is 1.10 bits per heavy atom. The van der Waals surface area contributed by atoms with Crippen LogP contribution in [0.3, 0.4) is 0 Å². The summed E-state index contributed by atoms with van der Waals surface area (Å²) < 4.78 is 32.6. The number of amides is 1. The van der Waals surface area contributed by atoms with Crippen LogP contribution in [0.25, 0.3) is 5.69 Å². The van der Waals surface area contributed by atoms with E-state index < -0.39 is 15.7 Å². The zero-order valence-electron chi connectivity index (χ0n) is 16.6. The normalized spacial score (nSPS) is 14.6. The molecule has 8 heteroatoms. The molecule has 0 radical (unpaired) electrons. The molecular formula is C22H23N3O4S. The van der Waals surface area contributed by atoms with Gasteiger partial charge in [0.25, 0.3) is 5.91 Å². The van der Waals surface area contributed by atoms with Crippen LogP contribution in [-0.4, -0.2) is 36.5 Å². The molecule has 1 aliphatic rings. The number of sulfone groups is 1. The van der Waals surface area contributed by atoms with Gasteiger partial charge in [0, 0.05) is 5.69 Å². The van der Waals surface area contributed by atoms with Crippen LogP contribution in [0, 0.1) is 0 Å². The van der Waals surface area contributed by atoms with E-state index in [-0.39, 0.29) is 15.8 Å². The second-order valence-electron chi connectivity index (χ2n) is 7.26. The largest absolute Gasteiger partial charge is 0.493 e. The van der Waals surface area contributed by atoms with Crippen LogP contribution < -0.4 is 10.1 Å². The summed E-state index contributed by atoms with van der Waals surface area (Å²) >= 11 is 0. The maximum absolute atomic E-state index is 12.9. The lowest BCUT2D eigenvalue weighted by Crippen LogP contribution is -2.18. The van der Waals surface area contributed by atoms with E-state index >= 15 is 0 Å². The van der Waals surface area contributed by atoms with E-state index in [1.807, 2.05) is 30.3 Å². The van der Waals surface area contributed by atoms with Crippen molar-refractivity contribution in [1.82, 2.24) is 9.78 Å². The zero-order chi connectivity index (χ0) is 21.1. The van der Waals surface area contributed by atoms with Gasteiger partial charge in [-0.15, -0.1) is 0 Å². The SMILES string of the molecule is COc1cn(-c2ccccc2)nc1C(=O)Nc1cccc(S(=O)(=O)C2CCCC2)c1. The number of aromatic nitrogens is 2. The number of hydrogen-bond donors (Lipinski definition) is 1. The molecule has 0 unspecified atom stereocenters. The van der Waals surface area contributed by atoms with Crippen molar-refractivity contribution in [1.29, 1.82) is 0 Å². The van der Waals surface area contributed by atoms with E-state index in [2.05, 4.69) is 10.4 Å². The summed E-state index contributed by atoms with van der Waals surface area (Å²) in [4.78, 5) is 13.1. The van der Waals surface area contributed by atoms with Gasteiger partial charge in [-0.2, -0.15) is 5.10 Å². The van der Waals surface area contributed by atoms with E-state index in [1.54, 1.807) is 29.1 Å². The Morgan fingerprint density at radius 3 is 2.53 bits per heavy atom. The molecule has 4 rings (SSSR count). The van der Waals surface area contributed by atoms with Crippen LogP contribution in [0.15, 0.2) is 65.7 Å². The van der Waals surface area contributed by atoms with Gasteiger partial charge in [0.2, 0.25) is 0 Å². The zero-order valence-corrected chi connectivity index (χ0v) is 17.4. The van der Waals surface area contributed by atoms with Gasteiger partial charge in [-0.1, -0.05) is 37.1 Å². The third kappa shape index (κ3) is 3.95. The number of para-hydroxylation sites is 1. The fraction of sp³-hybridized carbons (Fsp3) is 0.273. The average Bonchev–Trinajstić information content (AvgIpc) is 3.45. The Morgan fingerprint density at radius 2 is 1.83 bits per heavy atom. The molecule has 0 atom stereocenters. The number of methoxy groups -OCH3 is 1. The minimum absolute atomic E-state index is 0.116. The highest BCUT2D eigenvalue weighted by molar-refractivity contribution is 7.92. The monoisotopic (exact) mass is 425 g/mol. The number of carbonyl (C=O) groups is 1. The van der Waals surface area contributed by atoms with Crippen molar-refractivity contribution in [3.8, 4) is 11.4 Å². The number of benzene rings is 2. The molecule has 156 valence electrons. The van der Waals surface area contributed by atoms with Crippen LogP contribution in [0.1, 0.15) is 36.2 Å². The third-order valence-corrected chi connectivity index (χ3v) is 7.56. The second kappa shape index (κ2) is 8.31. The van der Waals surface area contributed by atoms with Crippen molar-refractivity contribution in [2.45, 2.75) is 35.8 Å². The van der Waals surface area contributed by atoms with E-state index in [0.29, 0.717) is 24.3 Å². The molecule has 1 amide bonds. The number of nitrogens with zero attached hydrogens (tertiary/aromatic N) is 2. The molecule has 1 N–H and O–H groups in total. The van der Waals surface area contributed by atoms with Gasteiger partial charge >= 0.3 is 0 Å². The molecule has 2 aromatic carbocycles. The summed E-state index contributed by atoms with van der Waals surface area (Å²) in [6.45, 7) is 0. The Labute approximate surface area is 175 Å². The van der Waals surface area contributed by atoms with E-state index in [0.717, 1.165) is 18.5 Å². The highest BCUT2D eigenvalue weighted by atomic mass is 32.2. The van der Waals surface area contributed by atoms with Gasteiger partial charge in [-0.3, -0.25) is 4.79 Å². The molecule has 1 saturated carbocycles. The van der Waals surface area contributed by atoms with Gasteiger partial charge in [0.05, 0.1) is 29.1 Å². The summed E-state index contributed by atoms with van der Waals surface area (Å²) in [6, 6.07) is 15.8. The molecule has 0 saturated heterocycles. The van der Waals surface area contributed by atoms with Gasteiger partial charge in [0.15, 0.2) is 21.3 Å². The standard InChI is InChI=1S/C22H23N3O4S/c1-29-20-15-25(17-9-3-2-4-10-17)24-21(20)22(26)23-16-8-7-13-19(14-16)30(27,28)18-11-5-6-12-18/h2-4,7-10,13-15,18H,5-6,11-12H2,1H3,(H,23,26). The predicted molar refractivity (Wildman–Crippen MR) is 114 cm³/mol. The van der Waals surface area contributed by atoms with Crippen molar-refractivity contribution < 1.29 is 17.9 Å². The Kier molecular flexibility index (Phi) is 5.59. The molecule has 0 bridgehead atoms. The lowest BCUT2D eigenvalue weighted by atomic mass is 10.3. The van der Waals surface area contributed by atoms with Crippen molar-refractivity contribution in [3.05, 3.63) is 66.5 Å². The van der Waals surface area contributed by atoms with Crippen molar-refractivity contribution in [2.24, 2.45) is 0 Å². The number of ether oxygens (including phenoxy) is 1. The lowest BCUT2D eigenvalue weighted by Gasteiger charge is -2.12. The number of nitrogens with one attached hydrogen (secondary N) is 1. The minimum Gasteiger partial charge on any atom is -0.493 e. The van der Waals surface area contributed by atoms with Crippen molar-refractivity contribution >= 4 is 21.4 Å². The summed E-state index contributed by atoms with van der Waals surface area (Å²) in [7, 11) is -1.93. The number of hydrogen-bond acceptors (Lipinski definition) is 5. The Balaban J connectivity index is 1.58.